The monoisotopic (exact) mass is 666 g/mol. The van der Waals surface area contributed by atoms with Crippen LogP contribution in [0.2, 0.25) is 0 Å². The molecule has 0 saturated heterocycles. The number of hydrogen-bond acceptors (Lipinski definition) is 7. The molecule has 0 aromatic heterocycles. The van der Waals surface area contributed by atoms with E-state index < -0.39 is 70.9 Å². The molecule has 3 saturated carbocycles. The normalized spacial score (nSPS) is 39.6. The average Bonchev–Trinajstić information content (AvgIpc) is 3.26. The number of esters is 1. The molecule has 0 radical (unpaired) electrons. The number of hydrogen-bond donors (Lipinski definition) is 4. The lowest BCUT2D eigenvalue weighted by Gasteiger charge is -2.60. The second-order valence-corrected chi connectivity index (χ2v) is 15.8. The summed E-state index contributed by atoms with van der Waals surface area (Å²) in [6.45, 7) is 9.98. The van der Waals surface area contributed by atoms with Gasteiger partial charge in [-0.3, -0.25) is 0 Å². The van der Waals surface area contributed by atoms with Gasteiger partial charge in [-0.05, 0) is 79.4 Å². The maximum atomic E-state index is 14.8. The first-order valence-electron chi connectivity index (χ1n) is 17.2. The molecule has 1 aromatic rings. The number of fused-ring (bicyclic) bond motifs is 5. The molecule has 10 heteroatoms. The van der Waals surface area contributed by atoms with Gasteiger partial charge in [0.05, 0.1) is 24.4 Å². The topological polar surface area (TPSA) is 116 Å². The van der Waals surface area contributed by atoms with Crippen molar-refractivity contribution in [2.45, 2.75) is 122 Å². The zero-order valence-electron chi connectivity index (χ0n) is 28.4. The number of benzene rings is 1. The maximum absolute atomic E-state index is 14.8. The zero-order valence-corrected chi connectivity index (χ0v) is 28.4. The lowest BCUT2D eigenvalue weighted by atomic mass is 9.45. The molecule has 4 aliphatic rings. The lowest BCUT2D eigenvalue weighted by Crippen LogP contribution is -2.59. The fraction of sp³-hybridized carbons (Fsp3) is 0.757. The van der Waals surface area contributed by atoms with E-state index in [1.54, 1.807) is 12.1 Å². The molecule has 0 heterocycles. The van der Waals surface area contributed by atoms with Crippen molar-refractivity contribution in [2.75, 3.05) is 7.11 Å². The minimum atomic E-state index is -5.10. The van der Waals surface area contributed by atoms with Gasteiger partial charge in [-0.15, -0.1) is 0 Å². The van der Waals surface area contributed by atoms with Crippen LogP contribution in [0.3, 0.4) is 0 Å². The fourth-order valence-electron chi connectivity index (χ4n) is 10.5. The molecule has 0 unspecified atom stereocenters. The molecule has 0 aliphatic heterocycles. The number of aliphatic hydroxyl groups excluding tert-OH is 4. The molecule has 1 aromatic carbocycles. The molecule has 13 atom stereocenters. The largest absolute Gasteiger partial charge is 0.459 e. The molecule has 5 rings (SSSR count). The van der Waals surface area contributed by atoms with Crippen LogP contribution in [-0.4, -0.2) is 70.2 Å². The molecule has 4 N–H and O–H groups in total. The van der Waals surface area contributed by atoms with Gasteiger partial charge in [0.2, 0.25) is 0 Å². The first-order valence-corrected chi connectivity index (χ1v) is 17.2. The maximum Gasteiger partial charge on any atom is 0.432 e. The smallest absolute Gasteiger partial charge is 0.432 e. The molecule has 47 heavy (non-hydrogen) atoms. The second kappa shape index (κ2) is 13.0. The number of carbonyl (C=O) groups excluding carboxylic acids is 1. The third-order valence-electron chi connectivity index (χ3n) is 12.9. The van der Waals surface area contributed by atoms with Gasteiger partial charge in [0.15, 0.2) is 0 Å². The van der Waals surface area contributed by atoms with Crippen molar-refractivity contribution in [2.24, 2.45) is 46.3 Å². The Morgan fingerprint density at radius 1 is 1.00 bits per heavy atom. The van der Waals surface area contributed by atoms with E-state index in [9.17, 15) is 38.4 Å². The molecule has 4 aliphatic carbocycles. The predicted molar refractivity (Wildman–Crippen MR) is 170 cm³/mol. The van der Waals surface area contributed by atoms with Crippen LogP contribution in [0.4, 0.5) is 13.2 Å². The van der Waals surface area contributed by atoms with E-state index in [2.05, 4.69) is 6.92 Å². The van der Waals surface area contributed by atoms with Crippen LogP contribution in [0.15, 0.2) is 42.0 Å². The van der Waals surface area contributed by atoms with E-state index in [1.165, 1.54) is 24.3 Å². The molecule has 0 spiro atoms. The van der Waals surface area contributed by atoms with E-state index in [0.29, 0.717) is 38.5 Å². The Hall–Kier alpha value is -1.98. The SMILES string of the molecule is CO[C@@](C(=O)O[C@@H](CCC(C)C)[C@@H](C)[C@H]1[C@@H](O)C[C@H]2[C@@H]3[C@@H](O)C=C4C[C@@H](O)C[C@@H](O)[C@]4(C)[C@H]3CC[C@]12C)(c1ccccc1)C(F)(F)F. The Morgan fingerprint density at radius 3 is 2.26 bits per heavy atom. The zero-order chi connectivity index (χ0) is 34.7. The number of alkyl halides is 3. The van der Waals surface area contributed by atoms with Crippen molar-refractivity contribution >= 4 is 5.97 Å². The molecule has 0 amide bonds. The summed E-state index contributed by atoms with van der Waals surface area (Å²) in [6.07, 6.45) is -3.97. The first kappa shape index (κ1) is 36.3. The van der Waals surface area contributed by atoms with Crippen molar-refractivity contribution < 1.29 is 47.9 Å². The van der Waals surface area contributed by atoms with Gasteiger partial charge >= 0.3 is 12.1 Å². The lowest BCUT2D eigenvalue weighted by molar-refractivity contribution is -0.279. The highest BCUT2D eigenvalue weighted by atomic mass is 19.4. The van der Waals surface area contributed by atoms with Crippen LogP contribution < -0.4 is 0 Å². The number of methoxy groups -OCH3 is 1. The van der Waals surface area contributed by atoms with Crippen molar-refractivity contribution in [1.29, 1.82) is 0 Å². The Balaban J connectivity index is 1.47. The number of aliphatic hydroxyl groups is 4. The van der Waals surface area contributed by atoms with E-state index in [4.69, 9.17) is 9.47 Å². The van der Waals surface area contributed by atoms with Gasteiger partial charge < -0.3 is 29.9 Å². The fourth-order valence-corrected chi connectivity index (χ4v) is 10.5. The Bertz CT molecular complexity index is 1300. The third kappa shape index (κ3) is 5.88. The van der Waals surface area contributed by atoms with Crippen LogP contribution in [0, 0.1) is 46.3 Å². The van der Waals surface area contributed by atoms with Gasteiger partial charge in [-0.1, -0.05) is 76.6 Å². The van der Waals surface area contributed by atoms with Crippen molar-refractivity contribution in [3.05, 3.63) is 47.5 Å². The van der Waals surface area contributed by atoms with Gasteiger partial charge in [-0.25, -0.2) is 4.79 Å². The minimum absolute atomic E-state index is 0.0612. The van der Waals surface area contributed by atoms with Crippen LogP contribution >= 0.6 is 0 Å². The Morgan fingerprint density at radius 2 is 1.66 bits per heavy atom. The average molecular weight is 667 g/mol. The van der Waals surface area contributed by atoms with Crippen molar-refractivity contribution in [3.8, 4) is 0 Å². The number of halogens is 3. The predicted octanol–water partition coefficient (Wildman–Crippen LogP) is 5.93. The number of rotatable bonds is 9. The summed E-state index contributed by atoms with van der Waals surface area (Å²) in [5.74, 6) is -2.70. The highest BCUT2D eigenvalue weighted by Gasteiger charge is 2.67. The number of carbonyl (C=O) groups is 1. The van der Waals surface area contributed by atoms with Gasteiger partial charge in [0.1, 0.15) is 6.10 Å². The van der Waals surface area contributed by atoms with Crippen LogP contribution in [-0.2, 0) is 19.9 Å². The van der Waals surface area contributed by atoms with Gasteiger partial charge in [0.25, 0.3) is 5.60 Å². The van der Waals surface area contributed by atoms with Gasteiger partial charge in [-0.2, -0.15) is 13.2 Å². The van der Waals surface area contributed by atoms with Crippen LogP contribution in [0.5, 0.6) is 0 Å². The summed E-state index contributed by atoms with van der Waals surface area (Å²) in [5, 5.41) is 45.0. The van der Waals surface area contributed by atoms with Crippen LogP contribution in [0.25, 0.3) is 0 Å². The summed E-state index contributed by atoms with van der Waals surface area (Å²) in [7, 11) is 0.860. The standard InChI is InChI=1S/C37H53F3O7/c1-20(2)12-13-29(47-33(45)36(46-6,37(38,39)40)22-10-8-7-9-11-22)21(3)32-28(43)19-26-31-25(14-15-34(26,32)4)35(5)23(17-27(31)42)16-24(41)18-30(35)44/h7-11,17,20-21,24-32,41-44H,12-16,18-19H2,1-6H3/t21-,24-,25+,26+,27+,28+,29+,30-,31-,32+,34+,35+,36-/m1/s1. The Kier molecular flexibility index (Phi) is 10.1. The molecular formula is C37H53F3O7. The third-order valence-corrected chi connectivity index (χ3v) is 12.9. The molecular weight excluding hydrogens is 613 g/mol. The molecule has 0 bridgehead atoms. The van der Waals surface area contributed by atoms with Crippen molar-refractivity contribution in [1.82, 2.24) is 0 Å². The van der Waals surface area contributed by atoms with E-state index in [0.717, 1.165) is 12.7 Å². The number of ether oxygens (including phenoxy) is 2. The summed E-state index contributed by atoms with van der Waals surface area (Å²) in [5.41, 5.74) is -3.91. The first-order chi connectivity index (χ1) is 21.9. The summed E-state index contributed by atoms with van der Waals surface area (Å²) >= 11 is 0. The van der Waals surface area contributed by atoms with Crippen molar-refractivity contribution in [3.63, 3.8) is 0 Å². The highest BCUT2D eigenvalue weighted by Crippen LogP contribution is 2.67. The summed E-state index contributed by atoms with van der Waals surface area (Å²) < 4.78 is 55.3. The van der Waals surface area contributed by atoms with E-state index in [-0.39, 0.29) is 35.7 Å². The molecule has 7 nitrogen and oxygen atoms in total. The summed E-state index contributed by atoms with van der Waals surface area (Å²) in [4.78, 5) is 13.8. The summed E-state index contributed by atoms with van der Waals surface area (Å²) in [6, 6.07) is 6.80. The molecule has 3 fully saturated rings. The minimum Gasteiger partial charge on any atom is -0.459 e. The second-order valence-electron chi connectivity index (χ2n) is 15.8. The highest BCUT2D eigenvalue weighted by molar-refractivity contribution is 5.83. The quantitative estimate of drug-likeness (QED) is 0.191. The molecule has 264 valence electrons. The Labute approximate surface area is 276 Å². The van der Waals surface area contributed by atoms with Gasteiger partial charge in [0, 0.05) is 24.5 Å². The van der Waals surface area contributed by atoms with E-state index in [1.807, 2.05) is 27.7 Å². The van der Waals surface area contributed by atoms with Crippen LogP contribution in [0.1, 0.15) is 85.1 Å². The van der Waals surface area contributed by atoms with E-state index >= 15 is 0 Å².